The second kappa shape index (κ2) is 6.49. The van der Waals surface area contributed by atoms with E-state index in [0.717, 1.165) is 17.4 Å². The molecule has 1 aromatic rings. The Kier molecular flexibility index (Phi) is 5.14. The summed E-state index contributed by atoms with van der Waals surface area (Å²) in [6, 6.07) is 8.41. The SMILES string of the molecule is CC(C)(C)C1CCC(C(N)Cc2ccc(Cl)cc2)CC1. The lowest BCUT2D eigenvalue weighted by Gasteiger charge is -2.38. The molecule has 1 unspecified atom stereocenters. The van der Waals surface area contributed by atoms with Crippen molar-refractivity contribution in [2.45, 2.75) is 58.9 Å². The molecule has 2 N–H and O–H groups in total. The molecule has 20 heavy (non-hydrogen) atoms. The van der Waals surface area contributed by atoms with E-state index in [1.54, 1.807) is 0 Å². The van der Waals surface area contributed by atoms with Crippen LogP contribution in [0.5, 0.6) is 0 Å². The van der Waals surface area contributed by atoms with Crippen molar-refractivity contribution in [2.24, 2.45) is 23.0 Å². The normalized spacial score (nSPS) is 25.4. The van der Waals surface area contributed by atoms with Gasteiger partial charge in [0.25, 0.3) is 0 Å². The Morgan fingerprint density at radius 2 is 1.65 bits per heavy atom. The molecular weight excluding hydrogens is 266 g/mol. The Hall–Kier alpha value is -0.530. The molecule has 0 saturated heterocycles. The summed E-state index contributed by atoms with van der Waals surface area (Å²) in [4.78, 5) is 0. The summed E-state index contributed by atoms with van der Waals surface area (Å²) in [5, 5.41) is 0.799. The monoisotopic (exact) mass is 293 g/mol. The maximum atomic E-state index is 6.44. The van der Waals surface area contributed by atoms with E-state index in [0.29, 0.717) is 11.3 Å². The highest BCUT2D eigenvalue weighted by Crippen LogP contribution is 2.40. The molecule has 2 heteroatoms. The third kappa shape index (κ3) is 4.23. The van der Waals surface area contributed by atoms with Crippen molar-refractivity contribution < 1.29 is 0 Å². The van der Waals surface area contributed by atoms with Gasteiger partial charge in [0, 0.05) is 11.1 Å². The molecule has 0 amide bonds. The van der Waals surface area contributed by atoms with E-state index in [4.69, 9.17) is 17.3 Å². The van der Waals surface area contributed by atoms with Crippen molar-refractivity contribution in [3.8, 4) is 0 Å². The Morgan fingerprint density at radius 3 is 2.15 bits per heavy atom. The van der Waals surface area contributed by atoms with Gasteiger partial charge >= 0.3 is 0 Å². The fraction of sp³-hybridized carbons (Fsp3) is 0.667. The lowest BCUT2D eigenvalue weighted by Crippen LogP contribution is -2.36. The van der Waals surface area contributed by atoms with Crippen LogP contribution in [0.1, 0.15) is 52.0 Å². The summed E-state index contributed by atoms with van der Waals surface area (Å²) >= 11 is 5.92. The number of rotatable bonds is 3. The minimum Gasteiger partial charge on any atom is -0.327 e. The van der Waals surface area contributed by atoms with Crippen molar-refractivity contribution in [1.82, 2.24) is 0 Å². The Morgan fingerprint density at radius 1 is 1.10 bits per heavy atom. The van der Waals surface area contributed by atoms with E-state index in [1.165, 1.54) is 31.2 Å². The molecule has 0 aliphatic heterocycles. The third-order valence-electron chi connectivity index (χ3n) is 4.99. The lowest BCUT2D eigenvalue weighted by molar-refractivity contribution is 0.139. The fourth-order valence-corrected chi connectivity index (χ4v) is 3.60. The van der Waals surface area contributed by atoms with E-state index in [-0.39, 0.29) is 6.04 Å². The maximum absolute atomic E-state index is 6.44. The second-order valence-electron chi connectivity index (χ2n) is 7.47. The minimum absolute atomic E-state index is 0.289. The molecule has 0 heterocycles. The molecule has 0 spiro atoms. The van der Waals surface area contributed by atoms with Crippen molar-refractivity contribution in [3.63, 3.8) is 0 Å². The molecule has 1 aliphatic carbocycles. The van der Waals surface area contributed by atoms with Crippen molar-refractivity contribution in [3.05, 3.63) is 34.9 Å². The topological polar surface area (TPSA) is 26.0 Å². The number of nitrogens with two attached hydrogens (primary N) is 1. The van der Waals surface area contributed by atoms with Gasteiger partial charge in [0.15, 0.2) is 0 Å². The fourth-order valence-electron chi connectivity index (χ4n) is 3.47. The summed E-state index contributed by atoms with van der Waals surface area (Å²) in [6.07, 6.45) is 6.22. The van der Waals surface area contributed by atoms with Gasteiger partial charge in [-0.2, -0.15) is 0 Å². The van der Waals surface area contributed by atoms with Crippen LogP contribution in [0.4, 0.5) is 0 Å². The zero-order valence-corrected chi connectivity index (χ0v) is 13.8. The summed E-state index contributed by atoms with van der Waals surface area (Å²) in [5.41, 5.74) is 8.20. The summed E-state index contributed by atoms with van der Waals surface area (Å²) < 4.78 is 0. The molecule has 1 aliphatic rings. The Bertz CT molecular complexity index is 410. The van der Waals surface area contributed by atoms with E-state index < -0.39 is 0 Å². The average Bonchev–Trinajstić information content (AvgIpc) is 2.40. The quantitative estimate of drug-likeness (QED) is 0.828. The molecule has 112 valence electrons. The van der Waals surface area contributed by atoms with Crippen molar-refractivity contribution >= 4 is 11.6 Å². The van der Waals surface area contributed by atoms with Crippen LogP contribution in [0.15, 0.2) is 24.3 Å². The highest BCUT2D eigenvalue weighted by atomic mass is 35.5. The zero-order valence-electron chi connectivity index (χ0n) is 13.0. The van der Waals surface area contributed by atoms with Gasteiger partial charge < -0.3 is 5.73 Å². The van der Waals surface area contributed by atoms with Crippen molar-refractivity contribution in [1.29, 1.82) is 0 Å². The third-order valence-corrected chi connectivity index (χ3v) is 5.24. The molecule has 0 bridgehead atoms. The largest absolute Gasteiger partial charge is 0.327 e. The highest BCUT2D eigenvalue weighted by molar-refractivity contribution is 6.30. The molecule has 0 aromatic heterocycles. The second-order valence-corrected chi connectivity index (χ2v) is 7.91. The first-order valence-electron chi connectivity index (χ1n) is 7.86. The van der Waals surface area contributed by atoms with Crippen molar-refractivity contribution in [2.75, 3.05) is 0 Å². The van der Waals surface area contributed by atoms with Gasteiger partial charge in [-0.15, -0.1) is 0 Å². The first-order chi connectivity index (χ1) is 9.36. The lowest BCUT2D eigenvalue weighted by atomic mass is 9.68. The molecule has 1 aromatic carbocycles. The molecule has 1 atom stereocenters. The van der Waals surface area contributed by atoms with E-state index >= 15 is 0 Å². The van der Waals surface area contributed by atoms with Crippen LogP contribution in [0.2, 0.25) is 5.02 Å². The molecular formula is C18H28ClN. The number of hydrogen-bond acceptors (Lipinski definition) is 1. The summed E-state index contributed by atoms with van der Waals surface area (Å²) in [5.74, 6) is 1.55. The Labute approximate surface area is 128 Å². The van der Waals surface area contributed by atoms with Gasteiger partial charge in [-0.3, -0.25) is 0 Å². The van der Waals surface area contributed by atoms with E-state index in [9.17, 15) is 0 Å². The van der Waals surface area contributed by atoms with Gasteiger partial charge in [-0.05, 0) is 67.1 Å². The highest BCUT2D eigenvalue weighted by Gasteiger charge is 2.31. The molecule has 0 radical (unpaired) electrons. The summed E-state index contributed by atoms with van der Waals surface area (Å²) in [7, 11) is 0. The maximum Gasteiger partial charge on any atom is 0.0406 e. The van der Waals surface area contributed by atoms with Gasteiger partial charge in [0.05, 0.1) is 0 Å². The van der Waals surface area contributed by atoms with Crippen LogP contribution in [0, 0.1) is 17.3 Å². The average molecular weight is 294 g/mol. The van der Waals surface area contributed by atoms with E-state index in [2.05, 4.69) is 32.9 Å². The Balaban J connectivity index is 1.85. The molecule has 1 fully saturated rings. The van der Waals surface area contributed by atoms with E-state index in [1.807, 2.05) is 12.1 Å². The number of halogens is 1. The predicted octanol–water partition coefficient (Wildman–Crippen LogP) is 5.06. The number of benzene rings is 1. The van der Waals surface area contributed by atoms with Gasteiger partial charge in [-0.1, -0.05) is 44.5 Å². The first kappa shape index (κ1) is 15.9. The number of hydrogen-bond donors (Lipinski definition) is 1. The van der Waals surface area contributed by atoms with Crippen LogP contribution in [0.3, 0.4) is 0 Å². The minimum atomic E-state index is 0.289. The zero-order chi connectivity index (χ0) is 14.8. The summed E-state index contributed by atoms with van der Waals surface area (Å²) in [6.45, 7) is 7.10. The smallest absolute Gasteiger partial charge is 0.0406 e. The predicted molar refractivity (Wildman–Crippen MR) is 88.0 cm³/mol. The van der Waals surface area contributed by atoms with Gasteiger partial charge in [0.2, 0.25) is 0 Å². The molecule has 1 nitrogen and oxygen atoms in total. The molecule has 1 saturated carbocycles. The van der Waals surface area contributed by atoms with Crippen LogP contribution < -0.4 is 5.73 Å². The first-order valence-corrected chi connectivity index (χ1v) is 8.24. The molecule has 2 rings (SSSR count). The standard InChI is InChI=1S/C18H28ClN/c1-18(2,3)15-8-6-14(7-9-15)17(20)12-13-4-10-16(19)11-5-13/h4-5,10-11,14-15,17H,6-9,12,20H2,1-3H3. The van der Waals surface area contributed by atoms with Crippen LogP contribution >= 0.6 is 11.6 Å². The van der Waals surface area contributed by atoms with Crippen LogP contribution in [0.25, 0.3) is 0 Å². The van der Waals surface area contributed by atoms with Crippen LogP contribution in [-0.2, 0) is 6.42 Å². The van der Waals surface area contributed by atoms with Gasteiger partial charge in [0.1, 0.15) is 0 Å². The van der Waals surface area contributed by atoms with Crippen LogP contribution in [-0.4, -0.2) is 6.04 Å². The van der Waals surface area contributed by atoms with Gasteiger partial charge in [-0.25, -0.2) is 0 Å².